The fourth-order valence-corrected chi connectivity index (χ4v) is 6.64. The standard InChI is InChI=1S/C27H42N3O8P/c1-8-20-17(5)22-14-38-27(34)23(22)24(31)21(20)12-11-16(4)13-28-15-39(35,29-18(6)25(32)36-9-2)30-19(7)26(33)37-10-3/h11,18-19,28,31H,8-10,12-15H2,1-7H3,(H2,29,30,35)/t18-,19+,39?. The average Bonchev–Trinajstić information content (AvgIpc) is 3.27. The molecular weight excluding hydrogens is 525 g/mol. The molecule has 1 aromatic carbocycles. The van der Waals surface area contributed by atoms with Gasteiger partial charge in [-0.3, -0.25) is 14.2 Å². The first kappa shape index (κ1) is 32.5. The van der Waals surface area contributed by atoms with Gasteiger partial charge in [0.1, 0.15) is 30.0 Å². The number of esters is 3. The molecule has 218 valence electrons. The van der Waals surface area contributed by atoms with Gasteiger partial charge < -0.3 is 24.6 Å². The number of ether oxygens (including phenoxy) is 3. The monoisotopic (exact) mass is 567 g/mol. The van der Waals surface area contributed by atoms with Crippen molar-refractivity contribution < 1.29 is 38.3 Å². The molecule has 0 spiro atoms. The third-order valence-corrected chi connectivity index (χ3v) is 8.75. The molecule has 0 aromatic heterocycles. The quantitative estimate of drug-likeness (QED) is 0.107. The summed E-state index contributed by atoms with van der Waals surface area (Å²) in [5.41, 5.74) is 4.52. The topological polar surface area (TPSA) is 152 Å². The van der Waals surface area contributed by atoms with Crippen LogP contribution in [0.5, 0.6) is 5.75 Å². The van der Waals surface area contributed by atoms with E-state index < -0.39 is 37.4 Å². The van der Waals surface area contributed by atoms with Crippen LogP contribution in [0.25, 0.3) is 0 Å². The van der Waals surface area contributed by atoms with Crippen LogP contribution in [0.15, 0.2) is 11.6 Å². The summed E-state index contributed by atoms with van der Waals surface area (Å²) >= 11 is 0. The first-order chi connectivity index (χ1) is 18.4. The van der Waals surface area contributed by atoms with E-state index in [1.54, 1.807) is 27.7 Å². The third-order valence-electron chi connectivity index (χ3n) is 6.48. The minimum Gasteiger partial charge on any atom is -0.507 e. The number of phenolic OH excluding ortho intramolecular Hbond substituents is 1. The lowest BCUT2D eigenvalue weighted by Gasteiger charge is -2.26. The van der Waals surface area contributed by atoms with Crippen molar-refractivity contribution in [2.24, 2.45) is 0 Å². The van der Waals surface area contributed by atoms with E-state index in [1.807, 2.05) is 26.8 Å². The SMILES string of the molecule is CCOC(=O)[C@H](C)NP(=O)(CNCC(C)=CCc1c(O)c2c(c(C)c1CC)COC2=O)N[C@H](C)C(=O)OCC. The molecule has 0 amide bonds. The zero-order chi connectivity index (χ0) is 29.3. The molecule has 11 nitrogen and oxygen atoms in total. The van der Waals surface area contributed by atoms with Gasteiger partial charge in [-0.2, -0.15) is 0 Å². The number of nitrogens with one attached hydrogen (secondary N) is 3. The van der Waals surface area contributed by atoms with E-state index in [9.17, 15) is 24.1 Å². The van der Waals surface area contributed by atoms with Crippen molar-refractivity contribution in [2.75, 3.05) is 26.0 Å². The van der Waals surface area contributed by atoms with Crippen molar-refractivity contribution in [1.29, 1.82) is 0 Å². The van der Waals surface area contributed by atoms with E-state index in [4.69, 9.17) is 14.2 Å². The van der Waals surface area contributed by atoms with Crippen molar-refractivity contribution in [2.45, 2.75) is 80.0 Å². The Bertz CT molecular complexity index is 1120. The van der Waals surface area contributed by atoms with Gasteiger partial charge in [0.25, 0.3) is 0 Å². The van der Waals surface area contributed by atoms with Gasteiger partial charge in [-0.1, -0.05) is 18.6 Å². The highest BCUT2D eigenvalue weighted by atomic mass is 31.2. The minimum atomic E-state index is -3.49. The van der Waals surface area contributed by atoms with Gasteiger partial charge in [-0.25, -0.2) is 15.0 Å². The Morgan fingerprint density at radius 3 is 2.15 bits per heavy atom. The summed E-state index contributed by atoms with van der Waals surface area (Å²) < 4.78 is 28.9. The molecule has 1 aromatic rings. The number of benzene rings is 1. The van der Waals surface area contributed by atoms with Crippen molar-refractivity contribution in [3.05, 3.63) is 39.5 Å². The second-order valence-electron chi connectivity index (χ2n) is 9.50. The molecule has 4 N–H and O–H groups in total. The van der Waals surface area contributed by atoms with Crippen LogP contribution >= 0.6 is 7.44 Å². The number of aromatic hydroxyl groups is 1. The van der Waals surface area contributed by atoms with Crippen molar-refractivity contribution in [3.8, 4) is 5.75 Å². The maximum Gasteiger partial charge on any atom is 0.342 e. The van der Waals surface area contributed by atoms with Crippen LogP contribution in [-0.2, 0) is 47.8 Å². The Balaban J connectivity index is 2.14. The zero-order valence-corrected chi connectivity index (χ0v) is 24.8. The minimum absolute atomic E-state index is 0.0363. The van der Waals surface area contributed by atoms with Crippen LogP contribution < -0.4 is 15.5 Å². The second-order valence-corrected chi connectivity index (χ2v) is 11.8. The van der Waals surface area contributed by atoms with Gasteiger partial charge in [0.2, 0.25) is 7.44 Å². The lowest BCUT2D eigenvalue weighted by atomic mass is 9.89. The first-order valence-corrected chi connectivity index (χ1v) is 15.2. The number of hydrogen-bond donors (Lipinski definition) is 4. The van der Waals surface area contributed by atoms with Gasteiger partial charge in [0.15, 0.2) is 0 Å². The predicted molar refractivity (Wildman–Crippen MR) is 148 cm³/mol. The van der Waals surface area contributed by atoms with E-state index >= 15 is 0 Å². The highest BCUT2D eigenvalue weighted by molar-refractivity contribution is 7.59. The van der Waals surface area contributed by atoms with Gasteiger partial charge in [0, 0.05) is 17.7 Å². The maximum absolute atomic E-state index is 13.7. The number of carbonyl (C=O) groups is 3. The number of hydrogen-bond acceptors (Lipinski definition) is 9. The summed E-state index contributed by atoms with van der Waals surface area (Å²) in [6.07, 6.45) is 2.96. The van der Waals surface area contributed by atoms with E-state index in [0.717, 1.165) is 22.3 Å². The molecule has 39 heavy (non-hydrogen) atoms. The molecule has 0 bridgehead atoms. The summed E-state index contributed by atoms with van der Waals surface area (Å²) in [5, 5.41) is 19.6. The molecule has 0 saturated heterocycles. The number of cyclic esters (lactones) is 1. The molecule has 0 radical (unpaired) electrons. The van der Waals surface area contributed by atoms with Crippen LogP contribution in [-0.4, -0.2) is 61.1 Å². The summed E-state index contributed by atoms with van der Waals surface area (Å²) in [5.74, 6) is -1.66. The summed E-state index contributed by atoms with van der Waals surface area (Å²) in [6, 6.07) is -1.75. The molecule has 1 aliphatic rings. The lowest BCUT2D eigenvalue weighted by molar-refractivity contribution is -0.145. The number of allylic oxidation sites excluding steroid dienone is 1. The highest BCUT2D eigenvalue weighted by Gasteiger charge is 2.32. The molecule has 0 aliphatic carbocycles. The van der Waals surface area contributed by atoms with Crippen LogP contribution in [0, 0.1) is 6.92 Å². The first-order valence-electron chi connectivity index (χ1n) is 13.3. The van der Waals surface area contributed by atoms with E-state index in [0.29, 0.717) is 24.9 Å². The third kappa shape index (κ3) is 8.38. The molecule has 0 fully saturated rings. The molecule has 1 heterocycles. The van der Waals surface area contributed by atoms with Gasteiger partial charge in [-0.15, -0.1) is 0 Å². The maximum atomic E-state index is 13.7. The number of carbonyl (C=O) groups excluding carboxylic acids is 3. The average molecular weight is 568 g/mol. The lowest BCUT2D eigenvalue weighted by Crippen LogP contribution is -2.44. The Hall–Kier alpha value is -2.72. The van der Waals surface area contributed by atoms with E-state index in [1.165, 1.54) is 0 Å². The molecule has 2 rings (SSSR count). The normalized spacial score (nSPS) is 16.2. The molecular formula is C27H42N3O8P. The predicted octanol–water partition coefficient (Wildman–Crippen LogP) is 3.24. The van der Waals surface area contributed by atoms with Crippen LogP contribution in [0.2, 0.25) is 0 Å². The van der Waals surface area contributed by atoms with Crippen LogP contribution in [0.4, 0.5) is 0 Å². The Labute approximate surface area is 230 Å². The summed E-state index contributed by atoms with van der Waals surface area (Å²) in [7, 11) is -3.49. The fourth-order valence-electron chi connectivity index (χ4n) is 4.49. The summed E-state index contributed by atoms with van der Waals surface area (Å²) in [6.45, 7) is 13.2. The Morgan fingerprint density at radius 1 is 1.08 bits per heavy atom. The highest BCUT2D eigenvalue weighted by Crippen LogP contribution is 2.38. The fraction of sp³-hybridized carbons (Fsp3) is 0.593. The van der Waals surface area contributed by atoms with Crippen molar-refractivity contribution in [3.63, 3.8) is 0 Å². The number of fused-ring (bicyclic) bond motifs is 1. The smallest absolute Gasteiger partial charge is 0.342 e. The molecule has 1 aliphatic heterocycles. The second kappa shape index (κ2) is 14.6. The Morgan fingerprint density at radius 2 is 1.64 bits per heavy atom. The largest absolute Gasteiger partial charge is 0.507 e. The van der Waals surface area contributed by atoms with Gasteiger partial charge >= 0.3 is 17.9 Å². The molecule has 1 unspecified atom stereocenters. The zero-order valence-electron chi connectivity index (χ0n) is 23.9. The Kier molecular flexibility index (Phi) is 12.2. The number of rotatable bonds is 15. The van der Waals surface area contributed by atoms with Crippen LogP contribution in [0.1, 0.15) is 74.2 Å². The van der Waals surface area contributed by atoms with Crippen molar-refractivity contribution in [1.82, 2.24) is 15.5 Å². The van der Waals surface area contributed by atoms with Gasteiger partial charge in [-0.05, 0) is 65.5 Å². The van der Waals surface area contributed by atoms with E-state index in [-0.39, 0.29) is 37.4 Å². The molecule has 0 saturated carbocycles. The van der Waals surface area contributed by atoms with E-state index in [2.05, 4.69) is 15.5 Å². The number of phenols is 1. The van der Waals surface area contributed by atoms with Crippen molar-refractivity contribution >= 4 is 25.4 Å². The van der Waals surface area contributed by atoms with Crippen LogP contribution in [0.3, 0.4) is 0 Å². The van der Waals surface area contributed by atoms with Gasteiger partial charge in [0.05, 0.1) is 19.5 Å². The molecule has 3 atom stereocenters. The summed E-state index contributed by atoms with van der Waals surface area (Å²) in [4.78, 5) is 36.4. The molecule has 12 heteroatoms.